The molecule has 1 aliphatic heterocycles. The van der Waals surface area contributed by atoms with Gasteiger partial charge in [-0.05, 0) is 17.5 Å². The molecule has 5 heteroatoms. The summed E-state index contributed by atoms with van der Waals surface area (Å²) in [6.07, 6.45) is -0.469. The lowest BCUT2D eigenvalue weighted by Gasteiger charge is -2.26. The normalized spacial score (nSPS) is 21.7. The number of nitrogens with one attached hydrogen (secondary N) is 1. The Morgan fingerprint density at radius 3 is 2.21 bits per heavy atom. The van der Waals surface area contributed by atoms with Crippen molar-refractivity contribution in [2.75, 3.05) is 6.54 Å². The highest BCUT2D eigenvalue weighted by Gasteiger charge is 2.51. The van der Waals surface area contributed by atoms with Crippen molar-refractivity contribution in [2.45, 2.75) is 25.0 Å². The fraction of sp³-hybridized carbons (Fsp3) is 0.263. The average Bonchev–Trinajstić information content (AvgIpc) is 2.88. The van der Waals surface area contributed by atoms with Gasteiger partial charge < -0.3 is 10.4 Å². The molecule has 124 valence electrons. The molecule has 2 aromatic carbocycles. The Labute approximate surface area is 140 Å². The number of hydrogen-bond donors (Lipinski definition) is 2. The number of carbonyl (C=O) groups is 2. The first-order valence-corrected chi connectivity index (χ1v) is 8.01. The van der Waals surface area contributed by atoms with Crippen molar-refractivity contribution in [3.8, 4) is 0 Å². The molecule has 3 amide bonds. The van der Waals surface area contributed by atoms with Crippen molar-refractivity contribution < 1.29 is 14.7 Å². The number of aliphatic hydroxyl groups is 1. The molecule has 3 rings (SSSR count). The topological polar surface area (TPSA) is 69.6 Å². The van der Waals surface area contributed by atoms with Crippen LogP contribution in [-0.4, -0.2) is 28.5 Å². The Bertz CT molecular complexity index is 733. The van der Waals surface area contributed by atoms with Gasteiger partial charge in [0.2, 0.25) is 0 Å². The minimum absolute atomic E-state index is 0.0662. The molecule has 24 heavy (non-hydrogen) atoms. The molecular weight excluding hydrogens is 304 g/mol. The number of nitrogens with zero attached hydrogens (tertiary/aromatic N) is 1. The highest BCUT2D eigenvalue weighted by Crippen LogP contribution is 2.33. The van der Waals surface area contributed by atoms with E-state index in [1.54, 1.807) is 12.1 Å². The molecular formula is C19H20N2O3. The molecule has 0 aromatic heterocycles. The fourth-order valence-corrected chi connectivity index (χ4v) is 3.11. The van der Waals surface area contributed by atoms with Crippen LogP contribution in [0.15, 0.2) is 60.7 Å². The lowest BCUT2D eigenvalue weighted by atomic mass is 9.87. The summed E-state index contributed by atoms with van der Waals surface area (Å²) in [5, 5.41) is 13.2. The first kappa shape index (κ1) is 16.2. The van der Waals surface area contributed by atoms with Crippen LogP contribution in [0.3, 0.4) is 0 Å². The van der Waals surface area contributed by atoms with E-state index >= 15 is 0 Å². The number of carbonyl (C=O) groups excluding carboxylic acids is 2. The van der Waals surface area contributed by atoms with Gasteiger partial charge in [-0.3, -0.25) is 9.69 Å². The number of hydrogen-bond acceptors (Lipinski definition) is 3. The summed E-state index contributed by atoms with van der Waals surface area (Å²) in [6, 6.07) is 17.8. The summed E-state index contributed by atoms with van der Waals surface area (Å²) in [6.45, 7) is 1.80. The molecule has 0 saturated carbocycles. The maximum absolute atomic E-state index is 13.0. The minimum Gasteiger partial charge on any atom is -0.387 e. The average molecular weight is 324 g/mol. The Morgan fingerprint density at radius 1 is 1.04 bits per heavy atom. The summed E-state index contributed by atoms with van der Waals surface area (Å²) in [5.41, 5.74) is 0.365. The highest BCUT2D eigenvalue weighted by atomic mass is 16.3. The van der Waals surface area contributed by atoms with E-state index in [9.17, 15) is 14.7 Å². The van der Waals surface area contributed by atoms with Crippen molar-refractivity contribution in [3.05, 3.63) is 71.8 Å². The van der Waals surface area contributed by atoms with Crippen molar-refractivity contribution >= 4 is 11.9 Å². The van der Waals surface area contributed by atoms with Gasteiger partial charge in [-0.2, -0.15) is 0 Å². The van der Waals surface area contributed by atoms with Crippen molar-refractivity contribution in [1.82, 2.24) is 10.2 Å². The molecule has 2 atom stereocenters. The maximum atomic E-state index is 13.0. The minimum atomic E-state index is -1.06. The van der Waals surface area contributed by atoms with E-state index in [0.29, 0.717) is 12.0 Å². The zero-order chi connectivity index (χ0) is 17.2. The smallest absolute Gasteiger partial charge is 0.325 e. The van der Waals surface area contributed by atoms with Crippen LogP contribution >= 0.6 is 0 Å². The molecule has 1 aliphatic rings. The van der Waals surface area contributed by atoms with E-state index in [-0.39, 0.29) is 12.5 Å². The van der Waals surface area contributed by atoms with Gasteiger partial charge in [0.15, 0.2) is 0 Å². The van der Waals surface area contributed by atoms with Crippen LogP contribution in [-0.2, 0) is 10.3 Å². The number of urea groups is 1. The Balaban J connectivity index is 1.86. The van der Waals surface area contributed by atoms with Crippen LogP contribution in [0.2, 0.25) is 0 Å². The van der Waals surface area contributed by atoms with Crippen LogP contribution in [0.4, 0.5) is 4.79 Å². The number of imide groups is 1. The molecule has 5 nitrogen and oxygen atoms in total. The summed E-state index contributed by atoms with van der Waals surface area (Å²) < 4.78 is 0. The van der Waals surface area contributed by atoms with E-state index in [1.807, 2.05) is 55.5 Å². The quantitative estimate of drug-likeness (QED) is 0.831. The van der Waals surface area contributed by atoms with Gasteiger partial charge in [0.1, 0.15) is 5.54 Å². The monoisotopic (exact) mass is 324 g/mol. The number of rotatable bonds is 5. The molecule has 2 aromatic rings. The Kier molecular flexibility index (Phi) is 4.36. The van der Waals surface area contributed by atoms with Gasteiger partial charge in [-0.15, -0.1) is 0 Å². The zero-order valence-electron chi connectivity index (χ0n) is 13.5. The van der Waals surface area contributed by atoms with Gasteiger partial charge in [-0.1, -0.05) is 67.6 Å². The molecule has 1 saturated heterocycles. The van der Waals surface area contributed by atoms with E-state index in [2.05, 4.69) is 5.32 Å². The lowest BCUT2D eigenvalue weighted by molar-refractivity contribution is -0.132. The second-order valence-corrected chi connectivity index (χ2v) is 5.90. The van der Waals surface area contributed by atoms with Gasteiger partial charge in [-0.25, -0.2) is 4.79 Å². The highest BCUT2D eigenvalue weighted by molar-refractivity contribution is 6.07. The zero-order valence-corrected chi connectivity index (χ0v) is 13.5. The van der Waals surface area contributed by atoms with Gasteiger partial charge in [0.05, 0.1) is 12.6 Å². The van der Waals surface area contributed by atoms with Gasteiger partial charge in [0.25, 0.3) is 5.91 Å². The second-order valence-electron chi connectivity index (χ2n) is 5.90. The van der Waals surface area contributed by atoms with Crippen molar-refractivity contribution in [3.63, 3.8) is 0 Å². The third-order valence-corrected chi connectivity index (χ3v) is 4.51. The molecule has 0 bridgehead atoms. The number of β-amino-alcohol motifs (C(OH)–C–C–N with tert-alkyl or cyclic N) is 1. The fourth-order valence-electron chi connectivity index (χ4n) is 3.11. The molecule has 1 fully saturated rings. The van der Waals surface area contributed by atoms with E-state index in [0.717, 1.165) is 10.5 Å². The van der Waals surface area contributed by atoms with E-state index in [4.69, 9.17) is 0 Å². The largest absolute Gasteiger partial charge is 0.387 e. The van der Waals surface area contributed by atoms with Gasteiger partial charge in [0, 0.05) is 0 Å². The summed E-state index contributed by atoms with van der Waals surface area (Å²) in [7, 11) is 0. The van der Waals surface area contributed by atoms with Crippen LogP contribution in [0, 0.1) is 0 Å². The van der Waals surface area contributed by atoms with Crippen LogP contribution in [0.1, 0.15) is 30.6 Å². The van der Waals surface area contributed by atoms with Gasteiger partial charge >= 0.3 is 6.03 Å². The summed E-state index contributed by atoms with van der Waals surface area (Å²) >= 11 is 0. The summed E-state index contributed by atoms with van der Waals surface area (Å²) in [4.78, 5) is 26.5. The Morgan fingerprint density at radius 2 is 1.62 bits per heavy atom. The maximum Gasteiger partial charge on any atom is 0.325 e. The molecule has 0 spiro atoms. The molecule has 0 aliphatic carbocycles. The first-order valence-electron chi connectivity index (χ1n) is 8.01. The molecule has 0 radical (unpaired) electrons. The van der Waals surface area contributed by atoms with Crippen LogP contribution in [0.5, 0.6) is 0 Å². The predicted molar refractivity (Wildman–Crippen MR) is 90.1 cm³/mol. The van der Waals surface area contributed by atoms with Crippen molar-refractivity contribution in [1.29, 1.82) is 0 Å². The number of aliphatic hydroxyl groups excluding tert-OH is 1. The van der Waals surface area contributed by atoms with Crippen molar-refractivity contribution in [2.24, 2.45) is 0 Å². The van der Waals surface area contributed by atoms with E-state index in [1.165, 1.54) is 0 Å². The van der Waals surface area contributed by atoms with Crippen LogP contribution < -0.4 is 5.32 Å². The SMILES string of the molecule is CC[C@@]1(c2ccccc2)NC(=O)N(C[C@H](O)c2ccccc2)C1=O. The second kappa shape index (κ2) is 6.45. The number of benzene rings is 2. The Hall–Kier alpha value is -2.66. The standard InChI is InChI=1S/C19H20N2O3/c1-2-19(15-11-7-4-8-12-15)17(23)21(18(24)20-19)13-16(22)14-9-5-3-6-10-14/h3-12,16,22H,2,13H2,1H3,(H,20,24)/t16-,19-/m0/s1. The molecule has 0 unspecified atom stereocenters. The first-order chi connectivity index (χ1) is 11.6. The molecule has 1 heterocycles. The predicted octanol–water partition coefficient (Wildman–Crippen LogP) is 2.58. The lowest BCUT2D eigenvalue weighted by Crippen LogP contribution is -2.43. The number of amides is 3. The third-order valence-electron chi connectivity index (χ3n) is 4.51. The van der Waals surface area contributed by atoms with E-state index < -0.39 is 17.7 Å². The summed E-state index contributed by atoms with van der Waals surface area (Å²) in [5.74, 6) is -0.323. The third kappa shape index (κ3) is 2.67. The van der Waals surface area contributed by atoms with Crippen LogP contribution in [0.25, 0.3) is 0 Å². The molecule has 2 N–H and O–H groups in total.